The number of hydrogen-bond donors (Lipinski definition) is 1. The number of aromatic nitrogens is 2. The van der Waals surface area contributed by atoms with Crippen molar-refractivity contribution in [1.82, 2.24) is 15.3 Å². The van der Waals surface area contributed by atoms with Gasteiger partial charge in [-0.3, -0.25) is 0 Å². The van der Waals surface area contributed by atoms with Crippen molar-refractivity contribution in [2.45, 2.75) is 45.1 Å². The van der Waals surface area contributed by atoms with Gasteiger partial charge in [0, 0.05) is 42.3 Å². The van der Waals surface area contributed by atoms with Crippen LogP contribution in [0.25, 0.3) is 21.7 Å². The Kier molecular flexibility index (Phi) is 4.14. The van der Waals surface area contributed by atoms with Crippen molar-refractivity contribution < 1.29 is 22.3 Å². The van der Waals surface area contributed by atoms with Gasteiger partial charge in [-0.1, -0.05) is 20.8 Å². The summed E-state index contributed by atoms with van der Waals surface area (Å²) in [5.74, 6) is -0.339. The van der Waals surface area contributed by atoms with Crippen LogP contribution in [0.4, 0.5) is 19.2 Å². The van der Waals surface area contributed by atoms with E-state index in [4.69, 9.17) is 4.42 Å². The van der Waals surface area contributed by atoms with Gasteiger partial charge in [0.15, 0.2) is 5.58 Å². The molecule has 2 unspecified atom stereocenters. The van der Waals surface area contributed by atoms with Crippen molar-refractivity contribution in [3.05, 3.63) is 23.7 Å². The zero-order chi connectivity index (χ0) is 21.3. The summed E-state index contributed by atoms with van der Waals surface area (Å²) < 4.78 is 48.7. The predicted octanol–water partition coefficient (Wildman–Crippen LogP) is 4.82. The van der Waals surface area contributed by atoms with Gasteiger partial charge in [-0.25, -0.2) is 4.98 Å². The van der Waals surface area contributed by atoms with E-state index < -0.39 is 6.36 Å². The molecule has 2 bridgehead atoms. The fourth-order valence-electron chi connectivity index (χ4n) is 4.41. The van der Waals surface area contributed by atoms with Crippen molar-refractivity contribution in [3.8, 4) is 16.3 Å². The Morgan fingerprint density at radius 3 is 2.70 bits per heavy atom. The van der Waals surface area contributed by atoms with Crippen molar-refractivity contribution in [2.75, 3.05) is 18.0 Å². The van der Waals surface area contributed by atoms with Crippen LogP contribution in [-0.2, 0) is 0 Å². The largest absolute Gasteiger partial charge is 0.573 e. The molecule has 0 spiro atoms. The van der Waals surface area contributed by atoms with E-state index in [2.05, 4.69) is 45.7 Å². The van der Waals surface area contributed by atoms with Gasteiger partial charge in [-0.15, -0.1) is 24.5 Å². The van der Waals surface area contributed by atoms with Crippen LogP contribution >= 0.6 is 11.3 Å². The number of ether oxygens (including phenoxy) is 1. The molecule has 3 aliphatic heterocycles. The summed E-state index contributed by atoms with van der Waals surface area (Å²) in [4.78, 5) is 10.8. The molecule has 10 heteroatoms. The summed E-state index contributed by atoms with van der Waals surface area (Å²) in [6.45, 7) is 8.06. The normalized spacial score (nSPS) is 24.2. The summed E-state index contributed by atoms with van der Waals surface area (Å²) in [6, 6.07) is 3.31. The molecule has 1 aromatic carbocycles. The maximum Gasteiger partial charge on any atom is 0.573 e. The number of piperidine rings is 1. The lowest BCUT2D eigenvalue weighted by molar-refractivity contribution is -0.274. The van der Waals surface area contributed by atoms with Crippen LogP contribution in [0.5, 0.6) is 5.75 Å². The smallest absolute Gasteiger partial charge is 0.423 e. The van der Waals surface area contributed by atoms with Gasteiger partial charge in [0.05, 0.1) is 5.56 Å². The highest BCUT2D eigenvalue weighted by atomic mass is 32.1. The Balaban J connectivity index is 1.56. The van der Waals surface area contributed by atoms with Crippen LogP contribution in [-0.4, -0.2) is 41.0 Å². The Morgan fingerprint density at radius 2 is 2.07 bits per heavy atom. The van der Waals surface area contributed by atoms with E-state index in [-0.39, 0.29) is 16.7 Å². The molecule has 2 atom stereocenters. The number of thiazole rings is 1. The minimum atomic E-state index is -4.79. The molecule has 3 aliphatic rings. The number of benzene rings is 1. The van der Waals surface area contributed by atoms with Gasteiger partial charge >= 0.3 is 6.36 Å². The van der Waals surface area contributed by atoms with Crippen molar-refractivity contribution in [2.24, 2.45) is 5.41 Å². The second-order valence-electron chi connectivity index (χ2n) is 8.96. The second-order valence-corrected chi connectivity index (χ2v) is 9.85. The lowest BCUT2D eigenvalue weighted by atomic mass is 9.62. The molecule has 5 heterocycles. The van der Waals surface area contributed by atoms with Gasteiger partial charge in [0.1, 0.15) is 16.3 Å². The first-order valence-electron chi connectivity index (χ1n) is 9.66. The average Bonchev–Trinajstić information content (AvgIpc) is 3.27. The third-order valence-electron chi connectivity index (χ3n) is 6.03. The lowest BCUT2D eigenvalue weighted by Crippen LogP contribution is -2.80. The van der Waals surface area contributed by atoms with E-state index in [1.807, 2.05) is 0 Å². The van der Waals surface area contributed by atoms with Crippen LogP contribution in [0, 0.1) is 5.41 Å². The van der Waals surface area contributed by atoms with Crippen LogP contribution in [0.2, 0.25) is 0 Å². The van der Waals surface area contributed by atoms with Crippen molar-refractivity contribution in [3.63, 3.8) is 0 Å². The van der Waals surface area contributed by atoms with Gasteiger partial charge in [-0.2, -0.15) is 4.98 Å². The summed E-state index contributed by atoms with van der Waals surface area (Å²) in [6.07, 6.45) is -2.11. The minimum Gasteiger partial charge on any atom is -0.423 e. The molecule has 6 rings (SSSR count). The number of oxazole rings is 1. The molecule has 3 fully saturated rings. The number of piperazine rings is 1. The molecule has 0 amide bonds. The summed E-state index contributed by atoms with van der Waals surface area (Å²) in [5, 5.41) is 5.97. The maximum absolute atomic E-state index is 12.8. The third-order valence-corrected chi connectivity index (χ3v) is 6.84. The van der Waals surface area contributed by atoms with Crippen molar-refractivity contribution in [1.29, 1.82) is 0 Å². The summed E-state index contributed by atoms with van der Waals surface area (Å²) in [5.41, 5.74) is 1.17. The first-order chi connectivity index (χ1) is 14.0. The molecule has 0 radical (unpaired) electrons. The monoisotopic (exact) mass is 438 g/mol. The van der Waals surface area contributed by atoms with E-state index in [1.165, 1.54) is 23.5 Å². The van der Waals surface area contributed by atoms with Gasteiger partial charge in [0.25, 0.3) is 6.01 Å². The lowest BCUT2D eigenvalue weighted by Gasteiger charge is -2.62. The van der Waals surface area contributed by atoms with E-state index in [1.54, 1.807) is 11.6 Å². The Bertz CT molecular complexity index is 1080. The summed E-state index contributed by atoms with van der Waals surface area (Å²) in [7, 11) is 0. The molecule has 0 saturated carbocycles. The van der Waals surface area contributed by atoms with E-state index in [9.17, 15) is 13.2 Å². The maximum atomic E-state index is 12.8. The van der Waals surface area contributed by atoms with Gasteiger partial charge in [0.2, 0.25) is 0 Å². The quantitative estimate of drug-likeness (QED) is 0.633. The van der Waals surface area contributed by atoms with Gasteiger partial charge < -0.3 is 19.4 Å². The first-order valence-corrected chi connectivity index (χ1v) is 10.5. The second kappa shape index (κ2) is 6.34. The number of fused-ring (bicyclic) bond motifs is 3. The van der Waals surface area contributed by atoms with Crippen LogP contribution in [0.15, 0.2) is 28.1 Å². The first kappa shape index (κ1) is 19.6. The Morgan fingerprint density at radius 1 is 1.30 bits per heavy atom. The minimum absolute atomic E-state index is 0.0424. The third kappa shape index (κ3) is 3.22. The van der Waals surface area contributed by atoms with Crippen LogP contribution in [0.3, 0.4) is 0 Å². The zero-order valence-electron chi connectivity index (χ0n) is 16.7. The number of alkyl halides is 3. The standard InChI is InChI=1S/C20H21F3N4O2S/c1-18(2,3)19-8-11(26-19)9-27(10-19)17-25-14-7-12(29-20(21,22)23)6-13(15(14)28-17)16-24-4-5-30-16/h4-7,11,26H,8-10H2,1-3H3. The van der Waals surface area contributed by atoms with Crippen molar-refractivity contribution >= 4 is 28.5 Å². The number of hydrogen-bond acceptors (Lipinski definition) is 7. The highest BCUT2D eigenvalue weighted by molar-refractivity contribution is 7.13. The number of nitrogens with one attached hydrogen (secondary N) is 1. The molecule has 3 aromatic rings. The molecule has 1 N–H and O–H groups in total. The Labute approximate surface area is 175 Å². The molecule has 160 valence electrons. The van der Waals surface area contributed by atoms with Crippen LogP contribution < -0.4 is 15.0 Å². The predicted molar refractivity (Wildman–Crippen MR) is 108 cm³/mol. The number of halogens is 3. The molecule has 0 aliphatic carbocycles. The SMILES string of the molecule is CC(C)(C)C12CC(CN(c3nc4cc(OC(F)(F)F)cc(-c5nccs5)c4o3)C1)N2. The van der Waals surface area contributed by atoms with Gasteiger partial charge in [-0.05, 0) is 17.9 Å². The fraction of sp³-hybridized carbons (Fsp3) is 0.500. The topological polar surface area (TPSA) is 63.4 Å². The fourth-order valence-corrected chi connectivity index (χ4v) is 5.06. The zero-order valence-corrected chi connectivity index (χ0v) is 17.5. The highest BCUT2D eigenvalue weighted by Gasteiger charge is 2.56. The molecule has 2 aromatic heterocycles. The molecule has 3 saturated heterocycles. The number of anilines is 1. The number of rotatable bonds is 3. The summed E-state index contributed by atoms with van der Waals surface area (Å²) >= 11 is 1.31. The number of nitrogens with zero attached hydrogens (tertiary/aromatic N) is 3. The molecule has 6 nitrogen and oxygen atoms in total. The molecular formula is C20H21F3N4O2S. The molecular weight excluding hydrogens is 417 g/mol. The van der Waals surface area contributed by atoms with Crippen LogP contribution in [0.1, 0.15) is 27.2 Å². The average molecular weight is 438 g/mol. The van der Waals surface area contributed by atoms with E-state index in [0.717, 1.165) is 19.5 Å². The Hall–Kier alpha value is -2.33. The van der Waals surface area contributed by atoms with E-state index in [0.29, 0.717) is 33.7 Å². The van der Waals surface area contributed by atoms with E-state index >= 15 is 0 Å². The highest BCUT2D eigenvalue weighted by Crippen LogP contribution is 2.46. The molecule has 30 heavy (non-hydrogen) atoms.